The van der Waals surface area contributed by atoms with Crippen LogP contribution in [0, 0.1) is 0 Å². The molecule has 0 radical (unpaired) electrons. The number of hydrogen-bond donors (Lipinski definition) is 2. The number of aromatic nitrogens is 2. The molecule has 0 amide bonds. The summed E-state index contributed by atoms with van der Waals surface area (Å²) in [6.45, 7) is 0. The van der Waals surface area contributed by atoms with Gasteiger partial charge in [0.05, 0.1) is 17.1 Å². The lowest BCUT2D eigenvalue weighted by atomic mass is 10.1. The van der Waals surface area contributed by atoms with Gasteiger partial charge in [0.25, 0.3) is 5.56 Å². The lowest BCUT2D eigenvalue weighted by molar-refractivity contribution is 0.0364. The van der Waals surface area contributed by atoms with Crippen molar-refractivity contribution >= 4 is 11.0 Å². The molecule has 2 aromatic rings. The molecule has 5 nitrogen and oxygen atoms in total. The second kappa shape index (κ2) is 4.19. The van der Waals surface area contributed by atoms with Crippen molar-refractivity contribution in [3.05, 3.63) is 40.3 Å². The lowest BCUT2D eigenvalue weighted by Crippen LogP contribution is -2.31. The first-order valence-electron chi connectivity index (χ1n) is 6.06. The zero-order chi connectivity index (χ0) is 12.7. The SMILES string of the molecule is CN1C(O)CCC1c1nc2ccccc2[nH]c1=O. The number of para-hydroxylation sites is 2. The van der Waals surface area contributed by atoms with Gasteiger partial charge in [-0.05, 0) is 32.0 Å². The van der Waals surface area contributed by atoms with E-state index in [1.54, 1.807) is 4.90 Å². The highest BCUT2D eigenvalue weighted by Crippen LogP contribution is 2.31. The summed E-state index contributed by atoms with van der Waals surface area (Å²) in [6.07, 6.45) is 0.948. The van der Waals surface area contributed by atoms with Gasteiger partial charge in [0.1, 0.15) is 11.9 Å². The molecule has 1 aromatic carbocycles. The first kappa shape index (κ1) is 11.4. The largest absolute Gasteiger partial charge is 0.378 e. The van der Waals surface area contributed by atoms with Crippen LogP contribution >= 0.6 is 0 Å². The van der Waals surface area contributed by atoms with Crippen molar-refractivity contribution in [1.29, 1.82) is 0 Å². The molecule has 0 bridgehead atoms. The number of likely N-dealkylation sites (tertiary alicyclic amines) is 1. The Hall–Kier alpha value is -1.72. The molecule has 2 heterocycles. The molecule has 3 rings (SSSR count). The Morgan fingerprint density at radius 1 is 1.39 bits per heavy atom. The Morgan fingerprint density at radius 3 is 2.89 bits per heavy atom. The van der Waals surface area contributed by atoms with Gasteiger partial charge in [0.15, 0.2) is 0 Å². The van der Waals surface area contributed by atoms with E-state index in [4.69, 9.17) is 0 Å². The third kappa shape index (κ3) is 1.72. The maximum Gasteiger partial charge on any atom is 0.271 e. The maximum atomic E-state index is 12.0. The number of nitrogens with zero attached hydrogens (tertiary/aromatic N) is 2. The van der Waals surface area contributed by atoms with Gasteiger partial charge in [-0.15, -0.1) is 0 Å². The molecular formula is C13H15N3O2. The number of aliphatic hydroxyl groups is 1. The number of rotatable bonds is 1. The van der Waals surface area contributed by atoms with Crippen molar-refractivity contribution in [1.82, 2.24) is 14.9 Å². The number of H-pyrrole nitrogens is 1. The Bertz CT molecular complexity index is 637. The molecular weight excluding hydrogens is 230 g/mol. The van der Waals surface area contributed by atoms with E-state index in [1.165, 1.54) is 0 Å². The summed E-state index contributed by atoms with van der Waals surface area (Å²) in [6, 6.07) is 7.37. The minimum atomic E-state index is -0.484. The molecule has 1 aromatic heterocycles. The summed E-state index contributed by atoms with van der Waals surface area (Å²) in [5.74, 6) is 0. The first-order chi connectivity index (χ1) is 8.66. The van der Waals surface area contributed by atoms with E-state index in [2.05, 4.69) is 9.97 Å². The van der Waals surface area contributed by atoms with Crippen LogP contribution in [0.25, 0.3) is 11.0 Å². The normalized spacial score (nSPS) is 24.8. The summed E-state index contributed by atoms with van der Waals surface area (Å²) in [4.78, 5) is 21.1. The van der Waals surface area contributed by atoms with Crippen LogP contribution in [-0.4, -0.2) is 33.2 Å². The fourth-order valence-electron chi connectivity index (χ4n) is 2.52. The average Bonchev–Trinajstić information content (AvgIpc) is 2.69. The van der Waals surface area contributed by atoms with Crippen LogP contribution in [0.3, 0.4) is 0 Å². The van der Waals surface area contributed by atoms with E-state index in [-0.39, 0.29) is 11.6 Å². The monoisotopic (exact) mass is 245 g/mol. The van der Waals surface area contributed by atoms with Crippen LogP contribution in [0.5, 0.6) is 0 Å². The number of nitrogens with one attached hydrogen (secondary N) is 1. The molecule has 2 unspecified atom stereocenters. The zero-order valence-corrected chi connectivity index (χ0v) is 10.1. The third-order valence-electron chi connectivity index (χ3n) is 3.60. The Labute approximate surface area is 104 Å². The van der Waals surface area contributed by atoms with Gasteiger partial charge >= 0.3 is 0 Å². The highest BCUT2D eigenvalue weighted by Gasteiger charge is 2.32. The molecule has 1 fully saturated rings. The van der Waals surface area contributed by atoms with Gasteiger partial charge in [-0.1, -0.05) is 12.1 Å². The van der Waals surface area contributed by atoms with E-state index in [0.717, 1.165) is 17.5 Å². The van der Waals surface area contributed by atoms with E-state index in [0.29, 0.717) is 12.1 Å². The number of benzene rings is 1. The number of aliphatic hydroxyl groups excluding tert-OH is 1. The Balaban J connectivity index is 2.12. The molecule has 18 heavy (non-hydrogen) atoms. The highest BCUT2D eigenvalue weighted by molar-refractivity contribution is 5.73. The molecule has 2 atom stereocenters. The highest BCUT2D eigenvalue weighted by atomic mass is 16.3. The van der Waals surface area contributed by atoms with Crippen molar-refractivity contribution in [2.24, 2.45) is 0 Å². The fourth-order valence-corrected chi connectivity index (χ4v) is 2.52. The molecule has 94 valence electrons. The summed E-state index contributed by atoms with van der Waals surface area (Å²) < 4.78 is 0. The minimum Gasteiger partial charge on any atom is -0.378 e. The second-order valence-corrected chi connectivity index (χ2v) is 4.71. The summed E-state index contributed by atoms with van der Waals surface area (Å²) >= 11 is 0. The zero-order valence-electron chi connectivity index (χ0n) is 10.1. The van der Waals surface area contributed by atoms with Crippen molar-refractivity contribution in [3.63, 3.8) is 0 Å². The Morgan fingerprint density at radius 2 is 2.17 bits per heavy atom. The average molecular weight is 245 g/mol. The van der Waals surface area contributed by atoms with Gasteiger partial charge in [-0.25, -0.2) is 4.98 Å². The van der Waals surface area contributed by atoms with Crippen molar-refractivity contribution in [2.45, 2.75) is 25.1 Å². The van der Waals surface area contributed by atoms with Gasteiger partial charge in [0.2, 0.25) is 0 Å². The topological polar surface area (TPSA) is 69.2 Å². The predicted octanol–water partition coefficient (Wildman–Crippen LogP) is 1.01. The van der Waals surface area contributed by atoms with Crippen LogP contribution < -0.4 is 5.56 Å². The summed E-state index contributed by atoms with van der Waals surface area (Å²) in [5, 5.41) is 9.72. The molecule has 1 saturated heterocycles. The number of aromatic amines is 1. The van der Waals surface area contributed by atoms with Crippen LogP contribution in [0.1, 0.15) is 24.6 Å². The van der Waals surface area contributed by atoms with Crippen LogP contribution in [0.2, 0.25) is 0 Å². The summed E-state index contributed by atoms with van der Waals surface area (Å²) in [5.41, 5.74) is 1.85. The summed E-state index contributed by atoms with van der Waals surface area (Å²) in [7, 11) is 1.82. The van der Waals surface area contributed by atoms with E-state index in [9.17, 15) is 9.90 Å². The first-order valence-corrected chi connectivity index (χ1v) is 6.06. The van der Waals surface area contributed by atoms with Crippen LogP contribution in [0.4, 0.5) is 0 Å². The van der Waals surface area contributed by atoms with Gasteiger partial charge in [-0.3, -0.25) is 9.69 Å². The third-order valence-corrected chi connectivity index (χ3v) is 3.60. The predicted molar refractivity (Wildman–Crippen MR) is 68.1 cm³/mol. The molecule has 0 saturated carbocycles. The molecule has 1 aliphatic heterocycles. The van der Waals surface area contributed by atoms with Gasteiger partial charge in [-0.2, -0.15) is 0 Å². The number of fused-ring (bicyclic) bond motifs is 1. The van der Waals surface area contributed by atoms with Gasteiger partial charge < -0.3 is 10.1 Å². The van der Waals surface area contributed by atoms with Crippen LogP contribution in [0.15, 0.2) is 29.1 Å². The van der Waals surface area contributed by atoms with Crippen LogP contribution in [-0.2, 0) is 0 Å². The Kier molecular flexibility index (Phi) is 2.65. The lowest BCUT2D eigenvalue weighted by Gasteiger charge is -2.21. The van der Waals surface area contributed by atoms with Crippen molar-refractivity contribution < 1.29 is 5.11 Å². The molecule has 5 heteroatoms. The van der Waals surface area contributed by atoms with E-state index >= 15 is 0 Å². The van der Waals surface area contributed by atoms with E-state index < -0.39 is 6.23 Å². The molecule has 1 aliphatic rings. The smallest absolute Gasteiger partial charge is 0.271 e. The van der Waals surface area contributed by atoms with Crippen molar-refractivity contribution in [3.8, 4) is 0 Å². The van der Waals surface area contributed by atoms with E-state index in [1.807, 2.05) is 31.3 Å². The fraction of sp³-hybridized carbons (Fsp3) is 0.385. The number of hydrogen-bond acceptors (Lipinski definition) is 4. The standard InChI is InChI=1S/C13H15N3O2/c1-16-10(6-7-11(16)17)12-13(18)15-9-5-3-2-4-8(9)14-12/h2-5,10-11,17H,6-7H2,1H3,(H,15,18). The molecule has 0 aliphatic carbocycles. The maximum absolute atomic E-state index is 12.0. The van der Waals surface area contributed by atoms with Crippen molar-refractivity contribution in [2.75, 3.05) is 7.05 Å². The second-order valence-electron chi connectivity index (χ2n) is 4.71. The quantitative estimate of drug-likeness (QED) is 0.786. The van der Waals surface area contributed by atoms with Gasteiger partial charge in [0, 0.05) is 0 Å². The molecule has 0 spiro atoms. The minimum absolute atomic E-state index is 0.103. The molecule has 2 N–H and O–H groups in total.